The first-order valence-corrected chi connectivity index (χ1v) is 10.0. The maximum absolute atomic E-state index is 12.6. The van der Waals surface area contributed by atoms with E-state index in [4.69, 9.17) is 0 Å². The van der Waals surface area contributed by atoms with Crippen LogP contribution in [0.4, 0.5) is 15.6 Å². The maximum atomic E-state index is 12.6. The van der Waals surface area contributed by atoms with Crippen LogP contribution in [-0.2, 0) is 5.41 Å². The van der Waals surface area contributed by atoms with Crippen LogP contribution in [-0.4, -0.2) is 42.1 Å². The first-order valence-electron chi connectivity index (χ1n) is 9.16. The van der Waals surface area contributed by atoms with Crippen LogP contribution in [0.1, 0.15) is 38.4 Å². The summed E-state index contributed by atoms with van der Waals surface area (Å²) in [6.45, 7) is 11.8. The van der Waals surface area contributed by atoms with Crippen LogP contribution in [0.3, 0.4) is 0 Å². The lowest BCUT2D eigenvalue weighted by Gasteiger charge is -2.23. The molecule has 0 unspecified atom stereocenters. The van der Waals surface area contributed by atoms with Gasteiger partial charge in [0.15, 0.2) is 5.13 Å². The molecule has 1 aromatic carbocycles. The summed E-state index contributed by atoms with van der Waals surface area (Å²) in [7, 11) is 0. The number of rotatable bonds is 2. The molecule has 1 aromatic heterocycles. The molecule has 1 saturated heterocycles. The summed E-state index contributed by atoms with van der Waals surface area (Å²) in [5.74, 6) is 0. The van der Waals surface area contributed by atoms with Crippen LogP contribution < -0.4 is 10.2 Å². The third kappa shape index (κ3) is 4.55. The van der Waals surface area contributed by atoms with Crippen LogP contribution in [0.2, 0.25) is 0 Å². The van der Waals surface area contributed by atoms with Gasteiger partial charge in [0.25, 0.3) is 0 Å². The molecule has 2 aromatic rings. The highest BCUT2D eigenvalue weighted by molar-refractivity contribution is 7.13. The number of urea groups is 1. The Labute approximate surface area is 160 Å². The largest absolute Gasteiger partial charge is 0.346 e. The second-order valence-corrected chi connectivity index (χ2v) is 8.69. The third-order valence-corrected chi connectivity index (χ3v) is 5.68. The highest BCUT2D eigenvalue weighted by Crippen LogP contribution is 2.24. The molecule has 0 atom stereocenters. The van der Waals surface area contributed by atoms with Gasteiger partial charge in [-0.05, 0) is 36.5 Å². The number of benzene rings is 1. The number of carbonyl (C=O) groups is 1. The smallest absolute Gasteiger partial charge is 0.321 e. The fourth-order valence-corrected chi connectivity index (χ4v) is 3.91. The first-order chi connectivity index (χ1) is 12.3. The van der Waals surface area contributed by atoms with E-state index in [-0.39, 0.29) is 11.4 Å². The van der Waals surface area contributed by atoms with Gasteiger partial charge in [-0.25, -0.2) is 9.78 Å². The quantitative estimate of drug-likeness (QED) is 0.845. The lowest BCUT2D eigenvalue weighted by molar-refractivity contribution is 0.215. The molecule has 6 heteroatoms. The number of thiazole rings is 1. The number of hydrogen-bond donors (Lipinski definition) is 1. The topological polar surface area (TPSA) is 48.5 Å². The number of aryl methyl sites for hydroxylation is 1. The second kappa shape index (κ2) is 7.66. The van der Waals surface area contributed by atoms with Gasteiger partial charge in [0.1, 0.15) is 0 Å². The van der Waals surface area contributed by atoms with Crippen LogP contribution in [0.25, 0.3) is 0 Å². The van der Waals surface area contributed by atoms with Gasteiger partial charge in [0, 0.05) is 37.2 Å². The van der Waals surface area contributed by atoms with Gasteiger partial charge >= 0.3 is 6.03 Å². The van der Waals surface area contributed by atoms with E-state index in [0.717, 1.165) is 42.6 Å². The molecule has 0 radical (unpaired) electrons. The zero-order valence-electron chi connectivity index (χ0n) is 16.1. The minimum Gasteiger partial charge on any atom is -0.346 e. The molecule has 0 aliphatic carbocycles. The van der Waals surface area contributed by atoms with E-state index in [1.165, 1.54) is 5.56 Å². The Morgan fingerprint density at radius 2 is 1.85 bits per heavy atom. The molecule has 2 heterocycles. The van der Waals surface area contributed by atoms with E-state index in [2.05, 4.69) is 53.5 Å². The van der Waals surface area contributed by atoms with Gasteiger partial charge in [-0.3, -0.25) is 0 Å². The summed E-state index contributed by atoms with van der Waals surface area (Å²) in [5, 5.41) is 6.17. The minimum atomic E-state index is -0.0225. The van der Waals surface area contributed by atoms with Crippen molar-refractivity contribution in [3.63, 3.8) is 0 Å². The number of hydrogen-bond acceptors (Lipinski definition) is 4. The number of anilines is 2. The zero-order chi connectivity index (χ0) is 18.7. The summed E-state index contributed by atoms with van der Waals surface area (Å²) in [5.41, 5.74) is 3.28. The van der Waals surface area contributed by atoms with Crippen molar-refractivity contribution in [3.8, 4) is 0 Å². The number of amides is 2. The van der Waals surface area contributed by atoms with E-state index in [1.54, 1.807) is 11.3 Å². The molecule has 1 aliphatic rings. The standard InChI is InChI=1S/C20H28N4OS/c1-15-14-26-19(21-15)24-11-5-10-23(12-13-24)18(25)22-17-8-6-16(7-9-17)20(2,3)4/h6-9,14H,5,10-13H2,1-4H3,(H,22,25). The van der Waals surface area contributed by atoms with Gasteiger partial charge in [0.05, 0.1) is 5.69 Å². The molecular formula is C20H28N4OS. The Kier molecular flexibility index (Phi) is 5.51. The van der Waals surface area contributed by atoms with Crippen LogP contribution in [0.5, 0.6) is 0 Å². The molecule has 26 heavy (non-hydrogen) atoms. The van der Waals surface area contributed by atoms with Crippen molar-refractivity contribution in [1.29, 1.82) is 0 Å². The van der Waals surface area contributed by atoms with Crippen LogP contribution in [0.15, 0.2) is 29.6 Å². The van der Waals surface area contributed by atoms with Gasteiger partial charge < -0.3 is 15.1 Å². The van der Waals surface area contributed by atoms with E-state index >= 15 is 0 Å². The van der Waals surface area contributed by atoms with Gasteiger partial charge in [-0.1, -0.05) is 32.9 Å². The SMILES string of the molecule is Cc1csc(N2CCCN(C(=O)Nc3ccc(C(C)(C)C)cc3)CC2)n1. The molecule has 0 spiro atoms. The lowest BCUT2D eigenvalue weighted by atomic mass is 9.87. The Morgan fingerprint density at radius 3 is 2.46 bits per heavy atom. The molecule has 1 fully saturated rings. The summed E-state index contributed by atoms with van der Waals surface area (Å²) >= 11 is 1.68. The molecule has 2 amide bonds. The number of nitrogens with one attached hydrogen (secondary N) is 1. The van der Waals surface area contributed by atoms with Gasteiger partial charge in [0.2, 0.25) is 0 Å². The fourth-order valence-electron chi connectivity index (χ4n) is 3.05. The van der Waals surface area contributed by atoms with Gasteiger partial charge in [-0.2, -0.15) is 0 Å². The summed E-state index contributed by atoms with van der Waals surface area (Å²) in [4.78, 5) is 21.4. The van der Waals surface area contributed by atoms with Crippen molar-refractivity contribution in [2.24, 2.45) is 0 Å². The van der Waals surface area contributed by atoms with Crippen molar-refractivity contribution in [1.82, 2.24) is 9.88 Å². The normalized spacial score (nSPS) is 15.7. The Bertz CT molecular complexity index is 748. The summed E-state index contributed by atoms with van der Waals surface area (Å²) < 4.78 is 0. The molecule has 0 saturated carbocycles. The molecule has 1 aliphatic heterocycles. The molecule has 1 N–H and O–H groups in total. The monoisotopic (exact) mass is 372 g/mol. The molecule has 3 rings (SSSR count). The summed E-state index contributed by atoms with van der Waals surface area (Å²) in [6.07, 6.45) is 0.953. The van der Waals surface area contributed by atoms with Gasteiger partial charge in [-0.15, -0.1) is 11.3 Å². The fraction of sp³-hybridized carbons (Fsp3) is 0.500. The highest BCUT2D eigenvalue weighted by atomic mass is 32.1. The second-order valence-electron chi connectivity index (χ2n) is 7.86. The number of carbonyl (C=O) groups excluding carboxylic acids is 1. The van der Waals surface area contributed by atoms with Crippen molar-refractivity contribution in [2.45, 2.75) is 39.5 Å². The molecule has 5 nitrogen and oxygen atoms in total. The predicted molar refractivity (Wildman–Crippen MR) is 109 cm³/mol. The van der Waals surface area contributed by atoms with Crippen molar-refractivity contribution in [2.75, 3.05) is 36.4 Å². The van der Waals surface area contributed by atoms with Crippen LogP contribution >= 0.6 is 11.3 Å². The first kappa shape index (κ1) is 18.7. The average Bonchev–Trinajstić information content (AvgIpc) is 2.87. The van der Waals surface area contributed by atoms with Crippen molar-refractivity contribution < 1.29 is 4.79 Å². The molecule has 140 valence electrons. The Morgan fingerprint density at radius 1 is 1.12 bits per heavy atom. The Hall–Kier alpha value is -2.08. The molecule has 0 bridgehead atoms. The summed E-state index contributed by atoms with van der Waals surface area (Å²) in [6, 6.07) is 8.13. The predicted octanol–water partition coefficient (Wildman–Crippen LogP) is 4.49. The average molecular weight is 373 g/mol. The number of aromatic nitrogens is 1. The number of nitrogens with zero attached hydrogens (tertiary/aromatic N) is 3. The molecular weight excluding hydrogens is 344 g/mol. The van der Waals surface area contributed by atoms with Crippen molar-refractivity contribution in [3.05, 3.63) is 40.9 Å². The van der Waals surface area contributed by atoms with Crippen LogP contribution in [0, 0.1) is 6.92 Å². The Balaban J connectivity index is 1.58. The highest BCUT2D eigenvalue weighted by Gasteiger charge is 2.21. The van der Waals surface area contributed by atoms with E-state index in [1.807, 2.05) is 24.0 Å². The minimum absolute atomic E-state index is 0.0225. The zero-order valence-corrected chi connectivity index (χ0v) is 16.9. The van der Waals surface area contributed by atoms with E-state index < -0.39 is 0 Å². The van der Waals surface area contributed by atoms with Crippen molar-refractivity contribution >= 4 is 28.2 Å². The van der Waals surface area contributed by atoms with E-state index in [0.29, 0.717) is 6.54 Å². The van der Waals surface area contributed by atoms with E-state index in [9.17, 15) is 4.79 Å². The lowest BCUT2D eigenvalue weighted by Crippen LogP contribution is -2.38. The third-order valence-electron chi connectivity index (χ3n) is 4.66. The maximum Gasteiger partial charge on any atom is 0.321 e.